The van der Waals surface area contributed by atoms with Crippen molar-refractivity contribution in [1.29, 1.82) is 0 Å². The fraction of sp³-hybridized carbons (Fsp3) is 0.333. The lowest BCUT2D eigenvalue weighted by Crippen LogP contribution is -2.19. The predicted octanol–water partition coefficient (Wildman–Crippen LogP) is 2.19. The molecule has 0 saturated heterocycles. The molecule has 1 aromatic rings. The van der Waals surface area contributed by atoms with Crippen molar-refractivity contribution < 1.29 is 27.1 Å². The molecule has 0 unspecified atom stereocenters. The second kappa shape index (κ2) is 6.13. The average Bonchev–Trinajstić information content (AvgIpc) is 2.24. The van der Waals surface area contributed by atoms with E-state index in [1.165, 1.54) is 0 Å². The van der Waals surface area contributed by atoms with E-state index in [-0.39, 0.29) is 18.8 Å². The van der Waals surface area contributed by atoms with Gasteiger partial charge in [-0.25, -0.2) is 22.0 Å². The Kier molecular flexibility index (Phi) is 5.80. The molecule has 0 aromatic heterocycles. The number of aliphatic hydroxyl groups is 1. The molecule has 17 heavy (non-hydrogen) atoms. The van der Waals surface area contributed by atoms with Crippen LogP contribution in [-0.4, -0.2) is 11.7 Å². The number of halogens is 6. The molecule has 0 saturated carbocycles. The van der Waals surface area contributed by atoms with E-state index in [9.17, 15) is 22.0 Å². The molecule has 3 N–H and O–H groups in total. The summed E-state index contributed by atoms with van der Waals surface area (Å²) >= 11 is 0. The van der Waals surface area contributed by atoms with Gasteiger partial charge in [-0.1, -0.05) is 0 Å². The fourth-order valence-corrected chi connectivity index (χ4v) is 1.23. The lowest BCUT2D eigenvalue weighted by Gasteiger charge is -2.13. The number of benzene rings is 1. The average molecular weight is 278 g/mol. The molecule has 1 rings (SSSR count). The Morgan fingerprint density at radius 2 is 1.24 bits per heavy atom. The van der Waals surface area contributed by atoms with Crippen molar-refractivity contribution in [3.8, 4) is 0 Å². The molecule has 0 aliphatic rings. The zero-order valence-corrected chi connectivity index (χ0v) is 9.13. The Morgan fingerprint density at radius 1 is 0.882 bits per heavy atom. The largest absolute Gasteiger partial charge is 0.396 e. The van der Waals surface area contributed by atoms with Gasteiger partial charge in [-0.2, -0.15) is 0 Å². The maximum absolute atomic E-state index is 13.1. The second-order valence-corrected chi connectivity index (χ2v) is 3.10. The van der Waals surface area contributed by atoms with E-state index < -0.39 is 47.3 Å². The molecule has 98 valence electrons. The highest BCUT2D eigenvalue weighted by Gasteiger charge is 2.28. The quantitative estimate of drug-likeness (QED) is 0.505. The smallest absolute Gasteiger partial charge is 0.200 e. The van der Waals surface area contributed by atoms with E-state index in [1.54, 1.807) is 0 Å². The molecular weight excluding hydrogens is 269 g/mol. The third-order valence-corrected chi connectivity index (χ3v) is 2.05. The van der Waals surface area contributed by atoms with Gasteiger partial charge in [0.05, 0.1) is 0 Å². The molecule has 0 radical (unpaired) electrons. The van der Waals surface area contributed by atoms with Crippen molar-refractivity contribution >= 4 is 12.4 Å². The van der Waals surface area contributed by atoms with Crippen LogP contribution in [0, 0.1) is 29.1 Å². The topological polar surface area (TPSA) is 46.2 Å². The number of nitrogens with two attached hydrogens (primary N) is 1. The van der Waals surface area contributed by atoms with Crippen LogP contribution in [0.2, 0.25) is 0 Å². The van der Waals surface area contributed by atoms with Crippen LogP contribution in [0.5, 0.6) is 0 Å². The zero-order valence-electron chi connectivity index (χ0n) is 8.31. The van der Waals surface area contributed by atoms with Gasteiger partial charge >= 0.3 is 0 Å². The molecule has 0 aliphatic heterocycles. The first kappa shape index (κ1) is 16.1. The molecule has 0 heterocycles. The first-order chi connectivity index (χ1) is 7.41. The maximum Gasteiger partial charge on any atom is 0.200 e. The third-order valence-electron chi connectivity index (χ3n) is 2.05. The SMILES string of the molecule is Cl.N[C@H](CCO)c1c(F)c(F)c(F)c(F)c1F. The van der Waals surface area contributed by atoms with Gasteiger partial charge in [-0.05, 0) is 6.42 Å². The summed E-state index contributed by atoms with van der Waals surface area (Å²) in [6.45, 7) is -0.527. The van der Waals surface area contributed by atoms with Crippen LogP contribution in [0.15, 0.2) is 0 Å². The first-order valence-corrected chi connectivity index (χ1v) is 4.29. The van der Waals surface area contributed by atoms with E-state index in [0.29, 0.717) is 0 Å². The highest BCUT2D eigenvalue weighted by Crippen LogP contribution is 2.27. The summed E-state index contributed by atoms with van der Waals surface area (Å²) in [6.07, 6.45) is -0.307. The fourth-order valence-electron chi connectivity index (χ4n) is 1.23. The monoisotopic (exact) mass is 277 g/mol. The van der Waals surface area contributed by atoms with Crippen molar-refractivity contribution in [1.82, 2.24) is 0 Å². The second-order valence-electron chi connectivity index (χ2n) is 3.10. The van der Waals surface area contributed by atoms with Crippen molar-refractivity contribution in [2.45, 2.75) is 12.5 Å². The molecule has 0 fully saturated rings. The van der Waals surface area contributed by atoms with Crippen molar-refractivity contribution in [3.05, 3.63) is 34.6 Å². The molecule has 0 aliphatic carbocycles. The summed E-state index contributed by atoms with van der Waals surface area (Å²) in [5.74, 6) is -10.2. The summed E-state index contributed by atoms with van der Waals surface area (Å²) < 4.78 is 64.3. The zero-order chi connectivity index (χ0) is 12.5. The van der Waals surface area contributed by atoms with Gasteiger partial charge in [0.25, 0.3) is 0 Å². The summed E-state index contributed by atoms with van der Waals surface area (Å²) in [4.78, 5) is 0. The van der Waals surface area contributed by atoms with Gasteiger partial charge in [0.2, 0.25) is 5.82 Å². The van der Waals surface area contributed by atoms with Crippen molar-refractivity contribution in [2.24, 2.45) is 5.73 Å². The number of rotatable bonds is 3. The predicted molar refractivity (Wildman–Crippen MR) is 52.1 cm³/mol. The molecule has 0 spiro atoms. The lowest BCUT2D eigenvalue weighted by atomic mass is 10.0. The van der Waals surface area contributed by atoms with Gasteiger partial charge in [-0.3, -0.25) is 0 Å². The molecule has 1 aromatic carbocycles. The van der Waals surface area contributed by atoms with Crippen LogP contribution in [0.1, 0.15) is 18.0 Å². The molecule has 2 nitrogen and oxygen atoms in total. The summed E-state index contributed by atoms with van der Waals surface area (Å²) in [5.41, 5.74) is 4.09. The highest BCUT2D eigenvalue weighted by molar-refractivity contribution is 5.85. The van der Waals surface area contributed by atoms with Gasteiger partial charge < -0.3 is 10.8 Å². The van der Waals surface area contributed by atoms with Crippen LogP contribution >= 0.6 is 12.4 Å². The minimum atomic E-state index is -2.23. The summed E-state index contributed by atoms with van der Waals surface area (Å²) in [7, 11) is 0. The maximum atomic E-state index is 13.1. The Bertz CT molecular complexity index is 386. The van der Waals surface area contributed by atoms with Crippen LogP contribution in [-0.2, 0) is 0 Å². The van der Waals surface area contributed by atoms with E-state index in [0.717, 1.165) is 0 Å². The number of aliphatic hydroxyl groups excluding tert-OH is 1. The molecular formula is C9H9ClF5NO. The first-order valence-electron chi connectivity index (χ1n) is 4.29. The summed E-state index contributed by atoms with van der Waals surface area (Å²) in [6, 6.07) is -1.45. The van der Waals surface area contributed by atoms with Crippen LogP contribution in [0.25, 0.3) is 0 Å². The molecule has 0 bridgehead atoms. The van der Waals surface area contributed by atoms with E-state index in [2.05, 4.69) is 0 Å². The van der Waals surface area contributed by atoms with Crippen molar-refractivity contribution in [3.63, 3.8) is 0 Å². The van der Waals surface area contributed by atoms with Gasteiger partial charge in [-0.15, -0.1) is 12.4 Å². The molecule has 8 heteroatoms. The Labute approximate surface area is 99.6 Å². The Hall–Kier alpha value is -0.920. The third kappa shape index (κ3) is 2.85. The Balaban J connectivity index is 0.00000256. The summed E-state index contributed by atoms with van der Waals surface area (Å²) in [5, 5.41) is 8.49. The van der Waals surface area contributed by atoms with Gasteiger partial charge in [0, 0.05) is 18.2 Å². The van der Waals surface area contributed by atoms with E-state index in [4.69, 9.17) is 10.8 Å². The minimum Gasteiger partial charge on any atom is -0.396 e. The van der Waals surface area contributed by atoms with Crippen LogP contribution in [0.3, 0.4) is 0 Å². The number of hydrogen-bond acceptors (Lipinski definition) is 2. The van der Waals surface area contributed by atoms with E-state index in [1.807, 2.05) is 0 Å². The van der Waals surface area contributed by atoms with Gasteiger partial charge in [0.15, 0.2) is 23.3 Å². The standard InChI is InChI=1S/C9H8F5NO.ClH/c10-5-4(3(15)1-2-16)6(11)8(13)9(14)7(5)12;/h3,16H,1-2,15H2;1H/t3-;/m1./s1. The Morgan fingerprint density at radius 3 is 1.59 bits per heavy atom. The molecule has 0 amide bonds. The van der Waals surface area contributed by atoms with Crippen LogP contribution < -0.4 is 5.73 Å². The van der Waals surface area contributed by atoms with Gasteiger partial charge in [0.1, 0.15) is 0 Å². The normalized spacial score (nSPS) is 12.2. The minimum absolute atomic E-state index is 0. The molecule has 1 atom stereocenters. The van der Waals surface area contributed by atoms with E-state index >= 15 is 0 Å². The number of hydrogen-bond donors (Lipinski definition) is 2. The lowest BCUT2D eigenvalue weighted by molar-refractivity contribution is 0.271. The van der Waals surface area contributed by atoms with Crippen LogP contribution in [0.4, 0.5) is 22.0 Å². The highest BCUT2D eigenvalue weighted by atomic mass is 35.5. The van der Waals surface area contributed by atoms with Crippen molar-refractivity contribution in [2.75, 3.05) is 6.61 Å².